The summed E-state index contributed by atoms with van der Waals surface area (Å²) in [6.07, 6.45) is 6.14. The van der Waals surface area contributed by atoms with Gasteiger partial charge < -0.3 is 55.9 Å². The fraction of sp³-hybridized carbons (Fsp3) is 0.298. The van der Waals surface area contributed by atoms with Crippen molar-refractivity contribution in [3.63, 3.8) is 0 Å². The Labute approximate surface area is 479 Å². The van der Waals surface area contributed by atoms with E-state index in [4.69, 9.17) is 24.4 Å². The van der Waals surface area contributed by atoms with Gasteiger partial charge in [0.15, 0.2) is 22.9 Å². The Kier molecular flexibility index (Phi) is 19.9. The Hall–Kier alpha value is -8.24. The van der Waals surface area contributed by atoms with Gasteiger partial charge in [0.2, 0.25) is 11.8 Å². The van der Waals surface area contributed by atoms with Crippen molar-refractivity contribution in [1.82, 2.24) is 39.3 Å². The number of likely N-dealkylation sites (tertiary alicyclic amines) is 2. The number of benzene rings is 4. The van der Waals surface area contributed by atoms with Crippen LogP contribution < -0.4 is 60.3 Å². The molecule has 2 amide bonds. The van der Waals surface area contributed by atoms with Gasteiger partial charge in [-0.25, -0.2) is 28.9 Å². The van der Waals surface area contributed by atoms with Gasteiger partial charge in [0.05, 0.1) is 67.7 Å². The summed E-state index contributed by atoms with van der Waals surface area (Å²) in [6, 6.07) is 33.3. The maximum absolute atomic E-state index is 12.2. The summed E-state index contributed by atoms with van der Waals surface area (Å²) in [5.41, 5.74) is 7.41. The Morgan fingerprint density at radius 2 is 0.987 bits per heavy atom. The predicted octanol–water partition coefficient (Wildman–Crippen LogP) is 5.62. The molecule has 0 saturated carbocycles. The van der Waals surface area contributed by atoms with E-state index in [0.717, 1.165) is 81.2 Å². The van der Waals surface area contributed by atoms with Gasteiger partial charge >= 0.3 is 41.5 Å². The third-order valence-corrected chi connectivity index (χ3v) is 13.6. The van der Waals surface area contributed by atoms with Crippen LogP contribution in [0.2, 0.25) is 0 Å². The molecule has 10 rings (SSSR count). The first-order chi connectivity index (χ1) is 37.4. The van der Waals surface area contributed by atoms with E-state index in [2.05, 4.69) is 31.2 Å². The largest absolute Gasteiger partial charge is 1.00 e. The molecular weight excluding hydrogens is 1020 g/mol. The Morgan fingerprint density at radius 3 is 1.35 bits per heavy atom. The molecule has 4 aromatic heterocycles. The van der Waals surface area contributed by atoms with Crippen molar-refractivity contribution in [3.05, 3.63) is 144 Å². The zero-order valence-electron chi connectivity index (χ0n) is 45.1. The smallest absolute Gasteiger partial charge is 0.870 e. The SMILES string of the molecule is CCC(=O)N1CC[C@@H](Nc2nn(Cc3ccc(OC)cc3)c3nccc(Nc4ccc(C(=O)O)cc4)c23)C1.CCC(=O)N1CC[C@@H](Nc2nn(Cc3ccc(OC)cc3)c3nccc(Nc4ccc(C(=O)OC)cc4)c23)C1.[Na+].[OH-]. The number of fused-ring (bicyclic) bond motifs is 2. The molecule has 0 spiro atoms. The molecule has 2 atom stereocenters. The van der Waals surface area contributed by atoms with Crippen LogP contribution in [0.5, 0.6) is 11.5 Å². The maximum atomic E-state index is 12.2. The summed E-state index contributed by atoms with van der Waals surface area (Å²) in [6.45, 7) is 7.51. The number of rotatable bonds is 18. The van der Waals surface area contributed by atoms with Gasteiger partial charge in [0.25, 0.3) is 0 Å². The van der Waals surface area contributed by atoms with Gasteiger partial charge in [0.1, 0.15) is 11.5 Å². The van der Waals surface area contributed by atoms with Crippen molar-refractivity contribution in [1.29, 1.82) is 0 Å². The number of nitrogens with zero attached hydrogens (tertiary/aromatic N) is 8. The van der Waals surface area contributed by atoms with E-state index >= 15 is 0 Å². The third kappa shape index (κ3) is 13.9. The number of aromatic nitrogens is 6. The van der Waals surface area contributed by atoms with Crippen LogP contribution in [0.4, 0.5) is 34.4 Å². The number of methoxy groups -OCH3 is 3. The number of ether oxygens (including phenoxy) is 3. The summed E-state index contributed by atoms with van der Waals surface area (Å²) in [5.74, 6) is 1.92. The van der Waals surface area contributed by atoms with E-state index in [-0.39, 0.29) is 70.5 Å². The molecule has 21 nitrogen and oxygen atoms in total. The summed E-state index contributed by atoms with van der Waals surface area (Å²) < 4.78 is 19.1. The quantitative estimate of drug-likeness (QED) is 0.0516. The second-order valence-electron chi connectivity index (χ2n) is 18.7. The van der Waals surface area contributed by atoms with Crippen LogP contribution in [0.3, 0.4) is 0 Å². The Balaban J connectivity index is 0.000000223. The first-order valence-corrected chi connectivity index (χ1v) is 25.5. The molecular formula is C57H63N12NaO9. The average Bonchev–Trinajstić information content (AvgIpc) is 4.48. The number of hydrogen-bond acceptors (Lipinski definition) is 16. The second kappa shape index (κ2) is 26.9. The molecule has 22 heteroatoms. The molecule has 2 saturated heterocycles. The first kappa shape index (κ1) is 58.4. The molecule has 79 heavy (non-hydrogen) atoms. The van der Waals surface area contributed by atoms with Crippen molar-refractivity contribution in [3.8, 4) is 11.5 Å². The molecule has 0 bridgehead atoms. The first-order valence-electron chi connectivity index (χ1n) is 25.5. The molecule has 2 aliphatic heterocycles. The number of carbonyl (C=O) groups is 4. The van der Waals surface area contributed by atoms with Gasteiger partial charge in [0, 0.05) is 74.9 Å². The summed E-state index contributed by atoms with van der Waals surface area (Å²) in [5, 5.41) is 34.8. The van der Waals surface area contributed by atoms with Crippen LogP contribution in [0.15, 0.2) is 122 Å². The Morgan fingerprint density at radius 1 is 0.582 bits per heavy atom. The molecule has 2 aliphatic rings. The van der Waals surface area contributed by atoms with Gasteiger partial charge in [-0.15, -0.1) is 0 Å². The zero-order valence-corrected chi connectivity index (χ0v) is 47.1. The van der Waals surface area contributed by atoms with Crippen molar-refractivity contribution < 1.29 is 73.5 Å². The van der Waals surface area contributed by atoms with Crippen molar-refractivity contribution >= 4 is 80.2 Å². The van der Waals surface area contributed by atoms with Crippen LogP contribution in [0.1, 0.15) is 71.4 Å². The standard InChI is InChI=1S/C29H32N6O4.C28H30N6O4.Na.H2O/c1-4-25(36)34-16-14-22(18-34)32-27-26-24(31-21-9-7-20(8-10-21)29(37)39-3)13-15-30-28(26)35(33-27)17-19-5-11-23(38-2)12-6-19;1-3-24(35)33-15-13-21(17-33)31-26-25-23(30-20-8-6-19(7-9-20)28(36)37)12-14-29-27(25)34(32-26)16-18-4-10-22(38-2)11-5-18;;/h5-13,15,22H,4,14,16-18H2,1-3H3,(H,30,31)(H,32,33);4-12,14,21H,3,13,15-17H2,1-2H3,(H,29,30)(H,31,32)(H,36,37);;1H2/q;;+1;/p-1/t22-;21-;;/m11../s1. The predicted molar refractivity (Wildman–Crippen MR) is 297 cm³/mol. The number of carbonyl (C=O) groups excluding carboxylic acids is 3. The summed E-state index contributed by atoms with van der Waals surface area (Å²) in [7, 11) is 4.65. The minimum Gasteiger partial charge on any atom is -0.870 e. The summed E-state index contributed by atoms with van der Waals surface area (Å²) >= 11 is 0. The van der Waals surface area contributed by atoms with Crippen molar-refractivity contribution in [2.75, 3.05) is 68.8 Å². The maximum Gasteiger partial charge on any atom is 1.00 e. The monoisotopic (exact) mass is 1080 g/mol. The molecule has 6 heterocycles. The molecule has 4 aromatic carbocycles. The van der Waals surface area contributed by atoms with Gasteiger partial charge in [-0.3, -0.25) is 9.59 Å². The number of hydrogen-bond donors (Lipinski definition) is 5. The van der Waals surface area contributed by atoms with Crippen LogP contribution >= 0.6 is 0 Å². The Bertz CT molecular complexity index is 3370. The number of carboxylic acid groups (broad SMARTS) is 1. The van der Waals surface area contributed by atoms with Crippen LogP contribution in [-0.4, -0.2) is 133 Å². The number of amides is 2. The summed E-state index contributed by atoms with van der Waals surface area (Å²) in [4.78, 5) is 60.7. The van der Waals surface area contributed by atoms with Gasteiger partial charge in [-0.2, -0.15) is 10.2 Å². The van der Waals surface area contributed by atoms with E-state index < -0.39 is 5.97 Å². The molecule has 0 aliphatic carbocycles. The second-order valence-corrected chi connectivity index (χ2v) is 18.7. The van der Waals surface area contributed by atoms with Crippen molar-refractivity contribution in [2.24, 2.45) is 0 Å². The minimum atomic E-state index is -0.971. The van der Waals surface area contributed by atoms with Crippen molar-refractivity contribution in [2.45, 2.75) is 64.7 Å². The zero-order chi connectivity index (χ0) is 54.0. The van der Waals surface area contributed by atoms with E-state index in [1.165, 1.54) is 7.11 Å². The minimum absolute atomic E-state index is 0. The number of anilines is 6. The van der Waals surface area contributed by atoms with E-state index in [9.17, 15) is 24.3 Å². The normalized spacial score (nSPS) is 14.5. The molecule has 6 N–H and O–H groups in total. The molecule has 406 valence electrons. The topological polar surface area (TPSA) is 262 Å². The number of nitrogens with one attached hydrogen (secondary N) is 4. The van der Waals surface area contributed by atoms with Crippen LogP contribution in [0.25, 0.3) is 22.1 Å². The van der Waals surface area contributed by atoms with Crippen LogP contribution in [0, 0.1) is 0 Å². The van der Waals surface area contributed by atoms with E-state index in [1.54, 1.807) is 63.0 Å². The average molecular weight is 1080 g/mol. The number of carboxylic acids is 1. The number of aromatic carboxylic acids is 1. The van der Waals surface area contributed by atoms with Crippen LogP contribution in [-0.2, 0) is 27.4 Å². The number of pyridine rings is 2. The molecule has 8 aromatic rings. The molecule has 2 fully saturated rings. The van der Waals surface area contributed by atoms with Gasteiger partial charge in [-0.1, -0.05) is 38.1 Å². The number of esters is 1. The fourth-order valence-corrected chi connectivity index (χ4v) is 9.49. The van der Waals surface area contributed by atoms with E-state index in [1.807, 2.05) is 106 Å². The third-order valence-electron chi connectivity index (χ3n) is 13.6. The molecule has 0 unspecified atom stereocenters. The molecule has 0 radical (unpaired) electrons. The van der Waals surface area contributed by atoms with E-state index in [0.29, 0.717) is 68.4 Å². The van der Waals surface area contributed by atoms with Gasteiger partial charge in [-0.05, 0) is 109 Å². The fourth-order valence-electron chi connectivity index (χ4n) is 9.49.